The molecule has 0 saturated carbocycles. The minimum absolute atomic E-state index is 0.0883. The molecule has 3 aromatic carbocycles. The number of methoxy groups -OCH3 is 1. The van der Waals surface area contributed by atoms with Crippen molar-refractivity contribution >= 4 is 5.91 Å². The van der Waals surface area contributed by atoms with Crippen LogP contribution in [0.1, 0.15) is 5.56 Å². The Bertz CT molecular complexity index is 1160. The Balaban J connectivity index is 1.39. The van der Waals surface area contributed by atoms with Crippen molar-refractivity contribution in [1.82, 2.24) is 15.5 Å². The fourth-order valence-electron chi connectivity index (χ4n) is 2.99. The van der Waals surface area contributed by atoms with Gasteiger partial charge in [0.1, 0.15) is 11.5 Å². The van der Waals surface area contributed by atoms with Crippen LogP contribution in [0.25, 0.3) is 22.8 Å². The highest BCUT2D eigenvalue weighted by Gasteiger charge is 2.15. The third-order valence-corrected chi connectivity index (χ3v) is 4.56. The standard InChI is InChI=1S/C24H21N3O4/c1-29-21-13-6-5-12-20(21)24-26-23(27-31-24)18-10-7-11-19(14-18)30-16-22(28)25-15-17-8-3-2-4-9-17/h2-14H,15-16H2,1H3,(H,25,28). The van der Waals surface area contributed by atoms with Gasteiger partial charge >= 0.3 is 0 Å². The lowest BCUT2D eigenvalue weighted by molar-refractivity contribution is -0.123. The first-order chi connectivity index (χ1) is 15.2. The van der Waals surface area contributed by atoms with Crippen LogP contribution in [0.15, 0.2) is 83.4 Å². The minimum atomic E-state index is -0.202. The summed E-state index contributed by atoms with van der Waals surface area (Å²) in [7, 11) is 1.59. The summed E-state index contributed by atoms with van der Waals surface area (Å²) in [6.07, 6.45) is 0. The van der Waals surface area contributed by atoms with E-state index >= 15 is 0 Å². The number of carbonyl (C=O) groups is 1. The third kappa shape index (κ3) is 5.08. The predicted octanol–water partition coefficient (Wildman–Crippen LogP) is 4.11. The topological polar surface area (TPSA) is 86.5 Å². The third-order valence-electron chi connectivity index (χ3n) is 4.56. The molecule has 156 valence electrons. The van der Waals surface area contributed by atoms with Crippen LogP contribution >= 0.6 is 0 Å². The van der Waals surface area contributed by atoms with E-state index in [1.807, 2.05) is 66.7 Å². The molecule has 0 aliphatic carbocycles. The van der Waals surface area contributed by atoms with Crippen molar-refractivity contribution in [3.63, 3.8) is 0 Å². The Morgan fingerprint density at radius 2 is 1.81 bits per heavy atom. The second kappa shape index (κ2) is 9.58. The molecule has 1 aromatic heterocycles. The van der Waals surface area contributed by atoms with E-state index in [0.29, 0.717) is 40.9 Å². The molecular weight excluding hydrogens is 394 g/mol. The molecular formula is C24H21N3O4. The molecule has 4 rings (SSSR count). The minimum Gasteiger partial charge on any atom is -0.496 e. The zero-order chi connectivity index (χ0) is 21.5. The fourth-order valence-corrected chi connectivity index (χ4v) is 2.99. The number of nitrogens with one attached hydrogen (secondary N) is 1. The lowest BCUT2D eigenvalue weighted by Crippen LogP contribution is -2.28. The van der Waals surface area contributed by atoms with E-state index in [9.17, 15) is 4.79 Å². The number of nitrogens with zero attached hydrogens (tertiary/aromatic N) is 2. The Kier molecular flexibility index (Phi) is 6.23. The maximum absolute atomic E-state index is 12.1. The van der Waals surface area contributed by atoms with Crippen molar-refractivity contribution in [2.24, 2.45) is 0 Å². The smallest absolute Gasteiger partial charge is 0.262 e. The van der Waals surface area contributed by atoms with Gasteiger partial charge in [-0.1, -0.05) is 59.8 Å². The van der Waals surface area contributed by atoms with E-state index in [2.05, 4.69) is 15.5 Å². The van der Waals surface area contributed by atoms with Gasteiger partial charge in [-0.05, 0) is 29.8 Å². The van der Waals surface area contributed by atoms with E-state index in [0.717, 1.165) is 5.56 Å². The van der Waals surface area contributed by atoms with Crippen LogP contribution in [-0.4, -0.2) is 29.8 Å². The summed E-state index contributed by atoms with van der Waals surface area (Å²) in [6.45, 7) is 0.368. The van der Waals surface area contributed by atoms with E-state index in [1.54, 1.807) is 19.2 Å². The maximum atomic E-state index is 12.1. The molecule has 7 heteroatoms. The average molecular weight is 415 g/mol. The number of para-hydroxylation sites is 1. The summed E-state index contributed by atoms with van der Waals surface area (Å²) >= 11 is 0. The number of aromatic nitrogens is 2. The van der Waals surface area contributed by atoms with Gasteiger partial charge in [-0.2, -0.15) is 4.98 Å². The van der Waals surface area contributed by atoms with Gasteiger partial charge in [-0.3, -0.25) is 4.79 Å². The SMILES string of the molecule is COc1ccccc1-c1nc(-c2cccc(OCC(=O)NCc3ccccc3)c2)no1. The lowest BCUT2D eigenvalue weighted by atomic mass is 10.2. The first-order valence-electron chi connectivity index (χ1n) is 9.74. The quantitative estimate of drug-likeness (QED) is 0.466. The summed E-state index contributed by atoms with van der Waals surface area (Å²) < 4.78 is 16.4. The van der Waals surface area contributed by atoms with Gasteiger partial charge in [0.25, 0.3) is 11.8 Å². The number of ether oxygens (including phenoxy) is 2. The van der Waals surface area contributed by atoms with Crippen LogP contribution in [0.4, 0.5) is 0 Å². The molecule has 1 N–H and O–H groups in total. The summed E-state index contributed by atoms with van der Waals surface area (Å²) in [4.78, 5) is 16.5. The van der Waals surface area contributed by atoms with Crippen molar-refractivity contribution in [2.45, 2.75) is 6.54 Å². The predicted molar refractivity (Wildman–Crippen MR) is 116 cm³/mol. The highest BCUT2D eigenvalue weighted by atomic mass is 16.5. The number of carbonyl (C=O) groups excluding carboxylic acids is 1. The number of hydrogen-bond donors (Lipinski definition) is 1. The molecule has 1 amide bonds. The van der Waals surface area contributed by atoms with Gasteiger partial charge in [-0.25, -0.2) is 0 Å². The fraction of sp³-hybridized carbons (Fsp3) is 0.125. The second-order valence-electron chi connectivity index (χ2n) is 6.70. The van der Waals surface area contributed by atoms with Crippen molar-refractivity contribution in [3.05, 3.63) is 84.4 Å². The highest BCUT2D eigenvalue weighted by Crippen LogP contribution is 2.30. The lowest BCUT2D eigenvalue weighted by Gasteiger charge is -2.08. The number of amides is 1. The second-order valence-corrected chi connectivity index (χ2v) is 6.70. The largest absolute Gasteiger partial charge is 0.496 e. The van der Waals surface area contributed by atoms with Crippen molar-refractivity contribution in [2.75, 3.05) is 13.7 Å². The van der Waals surface area contributed by atoms with Gasteiger partial charge in [0, 0.05) is 12.1 Å². The van der Waals surface area contributed by atoms with Crippen LogP contribution < -0.4 is 14.8 Å². The summed E-state index contributed by atoms with van der Waals surface area (Å²) in [5.74, 6) is 1.76. The molecule has 4 aromatic rings. The maximum Gasteiger partial charge on any atom is 0.262 e. The molecule has 0 saturated heterocycles. The highest BCUT2D eigenvalue weighted by molar-refractivity contribution is 5.77. The Morgan fingerprint density at radius 1 is 1.00 bits per heavy atom. The van der Waals surface area contributed by atoms with Crippen LogP contribution in [0, 0.1) is 0 Å². The number of rotatable bonds is 8. The van der Waals surface area contributed by atoms with Crippen molar-refractivity contribution < 1.29 is 18.8 Å². The van der Waals surface area contributed by atoms with Crippen LogP contribution in [-0.2, 0) is 11.3 Å². The zero-order valence-electron chi connectivity index (χ0n) is 16.9. The van der Waals surface area contributed by atoms with E-state index in [1.165, 1.54) is 0 Å². The molecule has 0 aliphatic rings. The number of hydrogen-bond acceptors (Lipinski definition) is 6. The number of benzene rings is 3. The Morgan fingerprint density at radius 3 is 2.65 bits per heavy atom. The zero-order valence-corrected chi connectivity index (χ0v) is 16.9. The molecule has 0 bridgehead atoms. The van der Waals surface area contributed by atoms with Crippen LogP contribution in [0.5, 0.6) is 11.5 Å². The van der Waals surface area contributed by atoms with Gasteiger partial charge in [0.05, 0.1) is 12.7 Å². The molecule has 0 aliphatic heterocycles. The van der Waals surface area contributed by atoms with E-state index in [-0.39, 0.29) is 12.5 Å². The van der Waals surface area contributed by atoms with Gasteiger partial charge < -0.3 is 19.3 Å². The Hall–Kier alpha value is -4.13. The first kappa shape index (κ1) is 20.2. The Labute approximate surface area is 179 Å². The molecule has 0 spiro atoms. The first-order valence-corrected chi connectivity index (χ1v) is 9.74. The van der Waals surface area contributed by atoms with Crippen molar-refractivity contribution in [3.8, 4) is 34.3 Å². The van der Waals surface area contributed by atoms with Crippen molar-refractivity contribution in [1.29, 1.82) is 0 Å². The van der Waals surface area contributed by atoms with Gasteiger partial charge in [0.15, 0.2) is 6.61 Å². The summed E-state index contributed by atoms with van der Waals surface area (Å²) in [5.41, 5.74) is 2.46. The molecule has 0 unspecified atom stereocenters. The van der Waals surface area contributed by atoms with E-state index < -0.39 is 0 Å². The molecule has 1 heterocycles. The molecule has 0 fully saturated rings. The average Bonchev–Trinajstić information content (AvgIpc) is 3.32. The molecule has 31 heavy (non-hydrogen) atoms. The molecule has 0 atom stereocenters. The molecule has 7 nitrogen and oxygen atoms in total. The molecule has 0 radical (unpaired) electrons. The van der Waals surface area contributed by atoms with Gasteiger partial charge in [0.2, 0.25) is 5.82 Å². The van der Waals surface area contributed by atoms with Gasteiger partial charge in [-0.15, -0.1) is 0 Å². The monoisotopic (exact) mass is 415 g/mol. The van der Waals surface area contributed by atoms with E-state index in [4.69, 9.17) is 14.0 Å². The van der Waals surface area contributed by atoms with Crippen LogP contribution in [0.2, 0.25) is 0 Å². The van der Waals surface area contributed by atoms with Crippen LogP contribution in [0.3, 0.4) is 0 Å². The summed E-state index contributed by atoms with van der Waals surface area (Å²) in [5, 5.41) is 6.89. The normalized spacial score (nSPS) is 10.5. The summed E-state index contributed by atoms with van der Waals surface area (Å²) in [6, 6.07) is 24.3.